The largest absolute Gasteiger partial charge is 0.372 e. The van der Waals surface area contributed by atoms with Gasteiger partial charge >= 0.3 is 0 Å². The van der Waals surface area contributed by atoms with E-state index in [1.807, 2.05) is 6.07 Å². The van der Waals surface area contributed by atoms with Gasteiger partial charge in [0.05, 0.1) is 28.7 Å². The van der Waals surface area contributed by atoms with E-state index in [2.05, 4.69) is 6.92 Å². The van der Waals surface area contributed by atoms with Gasteiger partial charge in [-0.25, -0.2) is 12.9 Å². The van der Waals surface area contributed by atoms with Crippen LogP contribution in [0.2, 0.25) is 0 Å². The molecule has 4 nitrogen and oxygen atoms in total. The summed E-state index contributed by atoms with van der Waals surface area (Å²) in [6, 6.07) is 5.86. The number of nitriles is 1. The van der Waals surface area contributed by atoms with Crippen molar-refractivity contribution in [3.05, 3.63) is 29.6 Å². The summed E-state index contributed by atoms with van der Waals surface area (Å²) in [6.07, 6.45) is 0.960. The first kappa shape index (κ1) is 13.7. The molecule has 2 saturated heterocycles. The van der Waals surface area contributed by atoms with Crippen LogP contribution >= 0.6 is 0 Å². The Morgan fingerprint density at radius 2 is 2.30 bits per heavy atom. The van der Waals surface area contributed by atoms with Gasteiger partial charge in [0.2, 0.25) is 0 Å². The Balaban J connectivity index is 1.74. The lowest BCUT2D eigenvalue weighted by atomic mass is 9.90. The van der Waals surface area contributed by atoms with Crippen LogP contribution in [-0.4, -0.2) is 33.8 Å². The van der Waals surface area contributed by atoms with E-state index < -0.39 is 16.8 Å². The molecule has 0 N–H and O–H groups in total. The molecular formula is C14H15FN2O2S. The summed E-state index contributed by atoms with van der Waals surface area (Å²) in [5.41, 5.74) is 0.119. The molecular weight excluding hydrogens is 279 g/mol. The molecule has 0 bridgehead atoms. The second-order valence-corrected chi connectivity index (χ2v) is 7.06. The smallest absolute Gasteiger partial charge is 0.140 e. The molecule has 2 fully saturated rings. The van der Waals surface area contributed by atoms with Crippen molar-refractivity contribution in [1.29, 1.82) is 5.26 Å². The van der Waals surface area contributed by atoms with Gasteiger partial charge < -0.3 is 4.74 Å². The molecule has 3 rings (SSSR count). The van der Waals surface area contributed by atoms with Crippen molar-refractivity contribution in [1.82, 2.24) is 4.31 Å². The molecule has 20 heavy (non-hydrogen) atoms. The van der Waals surface area contributed by atoms with E-state index in [4.69, 9.17) is 10.00 Å². The Kier molecular flexibility index (Phi) is 3.36. The predicted octanol–water partition coefficient (Wildman–Crippen LogP) is 1.83. The van der Waals surface area contributed by atoms with E-state index in [0.717, 1.165) is 13.0 Å². The number of nitrogens with zero attached hydrogens (tertiary/aromatic N) is 2. The van der Waals surface area contributed by atoms with E-state index >= 15 is 0 Å². The molecule has 2 unspecified atom stereocenters. The summed E-state index contributed by atoms with van der Waals surface area (Å²) in [7, 11) is -1.57. The summed E-state index contributed by atoms with van der Waals surface area (Å²) in [5.74, 6) is -0.0202. The average molecular weight is 294 g/mol. The molecule has 0 amide bonds. The highest BCUT2D eigenvalue weighted by Gasteiger charge is 2.50. The first-order chi connectivity index (χ1) is 9.53. The third kappa shape index (κ3) is 2.26. The highest BCUT2D eigenvalue weighted by molar-refractivity contribution is 7.82. The quantitative estimate of drug-likeness (QED) is 0.836. The van der Waals surface area contributed by atoms with Crippen LogP contribution in [0.4, 0.5) is 4.39 Å². The lowest BCUT2D eigenvalue weighted by molar-refractivity contribution is -0.0756. The fourth-order valence-corrected chi connectivity index (χ4v) is 4.30. The zero-order valence-electron chi connectivity index (χ0n) is 11.1. The number of rotatable bonds is 2. The molecule has 1 spiro atoms. The first-order valence-corrected chi connectivity index (χ1v) is 7.64. The number of benzene rings is 1. The van der Waals surface area contributed by atoms with Gasteiger partial charge in [0.15, 0.2) is 0 Å². The van der Waals surface area contributed by atoms with Crippen LogP contribution in [0.5, 0.6) is 0 Å². The maximum absolute atomic E-state index is 13.7. The van der Waals surface area contributed by atoms with Crippen molar-refractivity contribution >= 4 is 11.0 Å². The zero-order valence-corrected chi connectivity index (χ0v) is 12.0. The Bertz CT molecular complexity index is 608. The van der Waals surface area contributed by atoms with Crippen LogP contribution in [0.1, 0.15) is 18.9 Å². The topological polar surface area (TPSA) is 53.3 Å². The molecule has 2 atom stereocenters. The van der Waals surface area contributed by atoms with Crippen LogP contribution in [-0.2, 0) is 15.7 Å². The van der Waals surface area contributed by atoms with Gasteiger partial charge in [-0.2, -0.15) is 5.26 Å². The summed E-state index contributed by atoms with van der Waals surface area (Å²) >= 11 is 0. The zero-order chi connectivity index (χ0) is 14.3. The number of halogens is 1. The second kappa shape index (κ2) is 4.92. The number of hydrogen-bond acceptors (Lipinski definition) is 3. The molecule has 0 radical (unpaired) electrons. The van der Waals surface area contributed by atoms with Gasteiger partial charge in [-0.15, -0.1) is 0 Å². The Morgan fingerprint density at radius 3 is 2.90 bits per heavy atom. The maximum atomic E-state index is 13.7. The summed E-state index contributed by atoms with van der Waals surface area (Å²) in [4.78, 5) is 0.0740. The van der Waals surface area contributed by atoms with Gasteiger partial charge in [-0.1, -0.05) is 6.92 Å². The van der Waals surface area contributed by atoms with E-state index in [-0.39, 0.29) is 10.5 Å². The highest BCUT2D eigenvalue weighted by Crippen LogP contribution is 2.39. The lowest BCUT2D eigenvalue weighted by Crippen LogP contribution is -2.61. The van der Waals surface area contributed by atoms with E-state index in [1.165, 1.54) is 18.2 Å². The van der Waals surface area contributed by atoms with Gasteiger partial charge in [-0.3, -0.25) is 0 Å². The van der Waals surface area contributed by atoms with E-state index in [0.29, 0.717) is 24.6 Å². The SMILES string of the molecule is CC1COC2(C1)CN(S(=O)c1cc(C#N)ccc1F)C2. The first-order valence-electron chi connectivity index (χ1n) is 6.53. The third-order valence-electron chi connectivity index (χ3n) is 3.81. The molecule has 0 saturated carbocycles. The molecule has 0 aliphatic carbocycles. The average Bonchev–Trinajstić information content (AvgIpc) is 2.79. The van der Waals surface area contributed by atoms with Crippen molar-refractivity contribution in [2.45, 2.75) is 23.8 Å². The number of ether oxygens (including phenoxy) is 1. The predicted molar refractivity (Wildman–Crippen MR) is 71.6 cm³/mol. The van der Waals surface area contributed by atoms with Crippen molar-refractivity contribution < 1.29 is 13.3 Å². The van der Waals surface area contributed by atoms with Crippen molar-refractivity contribution in [3.8, 4) is 6.07 Å². The molecule has 2 aliphatic heterocycles. The fraction of sp³-hybridized carbons (Fsp3) is 0.500. The van der Waals surface area contributed by atoms with Crippen LogP contribution in [0.15, 0.2) is 23.1 Å². The van der Waals surface area contributed by atoms with Crippen molar-refractivity contribution in [2.24, 2.45) is 5.92 Å². The van der Waals surface area contributed by atoms with Crippen LogP contribution in [0.25, 0.3) is 0 Å². The lowest BCUT2D eigenvalue weighted by Gasteiger charge is -2.45. The summed E-state index contributed by atoms with van der Waals surface area (Å²) in [5, 5.41) is 8.84. The van der Waals surface area contributed by atoms with Crippen LogP contribution < -0.4 is 0 Å². The number of hydrogen-bond donors (Lipinski definition) is 0. The Hall–Kier alpha value is -1.29. The van der Waals surface area contributed by atoms with Crippen LogP contribution in [0.3, 0.4) is 0 Å². The van der Waals surface area contributed by atoms with Crippen molar-refractivity contribution in [3.63, 3.8) is 0 Å². The molecule has 0 aromatic heterocycles. The van der Waals surface area contributed by atoms with E-state index in [1.54, 1.807) is 4.31 Å². The van der Waals surface area contributed by atoms with Gasteiger partial charge in [0.25, 0.3) is 0 Å². The summed E-state index contributed by atoms with van der Waals surface area (Å²) < 4.78 is 33.6. The van der Waals surface area contributed by atoms with Crippen molar-refractivity contribution in [2.75, 3.05) is 19.7 Å². The molecule has 2 heterocycles. The van der Waals surface area contributed by atoms with E-state index in [9.17, 15) is 8.60 Å². The fourth-order valence-electron chi connectivity index (χ4n) is 2.85. The minimum absolute atomic E-state index is 0.0740. The standard InChI is InChI=1S/C14H15FN2O2S/c1-10-5-14(19-7-10)8-17(9-14)20(18)13-4-11(6-16)2-3-12(13)15/h2-4,10H,5,7-9H2,1H3. The molecule has 6 heteroatoms. The molecule has 2 aliphatic rings. The van der Waals surface area contributed by atoms with Gasteiger partial charge in [0.1, 0.15) is 16.8 Å². The third-order valence-corrected chi connectivity index (χ3v) is 5.22. The van der Waals surface area contributed by atoms with Crippen LogP contribution in [0, 0.1) is 23.1 Å². The highest BCUT2D eigenvalue weighted by atomic mass is 32.2. The molecule has 1 aromatic rings. The molecule has 106 valence electrons. The van der Waals surface area contributed by atoms with Gasteiger partial charge in [-0.05, 0) is 30.5 Å². The normalized spacial score (nSPS) is 26.1. The minimum atomic E-state index is -1.57. The second-order valence-electron chi connectivity index (χ2n) is 5.61. The Labute approximate surface area is 119 Å². The monoisotopic (exact) mass is 294 g/mol. The van der Waals surface area contributed by atoms with Gasteiger partial charge in [0, 0.05) is 13.1 Å². The maximum Gasteiger partial charge on any atom is 0.140 e. The molecule has 1 aromatic carbocycles. The Morgan fingerprint density at radius 1 is 1.55 bits per heavy atom. The minimum Gasteiger partial charge on any atom is -0.372 e. The summed E-state index contributed by atoms with van der Waals surface area (Å²) in [6.45, 7) is 3.98.